The molecule has 25 heavy (non-hydrogen) atoms. The van der Waals surface area contributed by atoms with Crippen molar-refractivity contribution in [1.82, 2.24) is 4.90 Å². The number of carboxylic acid groups (broad SMARTS) is 1. The van der Waals surface area contributed by atoms with E-state index in [9.17, 15) is 9.18 Å². The van der Waals surface area contributed by atoms with Crippen LogP contribution in [0.1, 0.15) is 40.4 Å². The third kappa shape index (κ3) is 4.44. The Labute approximate surface area is 146 Å². The first-order chi connectivity index (χ1) is 12.0. The van der Waals surface area contributed by atoms with Crippen LogP contribution in [-0.2, 0) is 11.3 Å². The number of ether oxygens (including phenoxy) is 1. The van der Waals surface area contributed by atoms with Crippen LogP contribution in [0.15, 0.2) is 48.5 Å². The second kappa shape index (κ2) is 7.76. The van der Waals surface area contributed by atoms with E-state index >= 15 is 0 Å². The van der Waals surface area contributed by atoms with E-state index in [1.165, 1.54) is 12.1 Å². The zero-order chi connectivity index (χ0) is 17.8. The summed E-state index contributed by atoms with van der Waals surface area (Å²) >= 11 is 0. The van der Waals surface area contributed by atoms with Crippen molar-refractivity contribution in [3.63, 3.8) is 0 Å². The lowest BCUT2D eigenvalue weighted by Gasteiger charge is -2.35. The van der Waals surface area contributed by atoms with Crippen molar-refractivity contribution in [1.29, 1.82) is 0 Å². The molecule has 0 aromatic heterocycles. The Morgan fingerprint density at radius 3 is 2.52 bits per heavy atom. The van der Waals surface area contributed by atoms with Gasteiger partial charge in [-0.2, -0.15) is 0 Å². The van der Waals surface area contributed by atoms with Crippen LogP contribution in [0.3, 0.4) is 0 Å². The molecule has 0 bridgehead atoms. The van der Waals surface area contributed by atoms with Gasteiger partial charge in [-0.1, -0.05) is 24.3 Å². The lowest BCUT2D eigenvalue weighted by atomic mass is 9.96. The van der Waals surface area contributed by atoms with Gasteiger partial charge in [-0.3, -0.25) is 4.90 Å². The van der Waals surface area contributed by atoms with E-state index < -0.39 is 5.97 Å². The SMILES string of the molecule is CN(Cc1ccc(C(=O)O)cc1)C1CCOC(c2ccc(F)cc2)C1. The molecule has 1 N–H and O–H groups in total. The number of benzene rings is 2. The van der Waals surface area contributed by atoms with Gasteiger partial charge in [0.05, 0.1) is 11.7 Å². The molecule has 2 aromatic rings. The normalized spacial score (nSPS) is 20.6. The minimum Gasteiger partial charge on any atom is -0.478 e. The summed E-state index contributed by atoms with van der Waals surface area (Å²) in [6, 6.07) is 13.9. The third-order valence-electron chi connectivity index (χ3n) is 4.75. The van der Waals surface area contributed by atoms with Gasteiger partial charge >= 0.3 is 5.97 Å². The highest BCUT2D eigenvalue weighted by Gasteiger charge is 2.26. The second-order valence-electron chi connectivity index (χ2n) is 6.51. The molecule has 0 spiro atoms. The first kappa shape index (κ1) is 17.6. The van der Waals surface area contributed by atoms with Gasteiger partial charge in [0.25, 0.3) is 0 Å². The van der Waals surface area contributed by atoms with Crippen LogP contribution in [0.2, 0.25) is 0 Å². The van der Waals surface area contributed by atoms with Gasteiger partial charge in [-0.25, -0.2) is 9.18 Å². The van der Waals surface area contributed by atoms with Gasteiger partial charge < -0.3 is 9.84 Å². The third-order valence-corrected chi connectivity index (χ3v) is 4.75. The fourth-order valence-electron chi connectivity index (χ4n) is 3.26. The summed E-state index contributed by atoms with van der Waals surface area (Å²) in [6.07, 6.45) is 1.78. The molecule has 0 aliphatic carbocycles. The van der Waals surface area contributed by atoms with Gasteiger partial charge in [-0.15, -0.1) is 0 Å². The molecule has 4 nitrogen and oxygen atoms in total. The molecule has 1 aliphatic rings. The Balaban J connectivity index is 1.62. The molecule has 5 heteroatoms. The highest BCUT2D eigenvalue weighted by Crippen LogP contribution is 2.30. The molecule has 1 heterocycles. The summed E-state index contributed by atoms with van der Waals surface area (Å²) in [5, 5.41) is 8.97. The van der Waals surface area contributed by atoms with Crippen molar-refractivity contribution in [2.24, 2.45) is 0 Å². The van der Waals surface area contributed by atoms with Crippen molar-refractivity contribution < 1.29 is 19.0 Å². The molecule has 0 radical (unpaired) electrons. The predicted molar refractivity (Wildman–Crippen MR) is 93.0 cm³/mol. The number of nitrogens with zero attached hydrogens (tertiary/aromatic N) is 1. The molecule has 2 unspecified atom stereocenters. The predicted octanol–water partition coefficient (Wildman–Crippen LogP) is 3.88. The first-order valence-corrected chi connectivity index (χ1v) is 8.42. The van der Waals surface area contributed by atoms with E-state index in [2.05, 4.69) is 11.9 Å². The van der Waals surface area contributed by atoms with Gasteiger partial charge in [0.2, 0.25) is 0 Å². The molecule has 3 rings (SSSR count). The molecule has 2 aromatic carbocycles. The summed E-state index contributed by atoms with van der Waals surface area (Å²) in [6.45, 7) is 1.43. The lowest BCUT2D eigenvalue weighted by Crippen LogP contribution is -2.37. The maximum Gasteiger partial charge on any atom is 0.335 e. The lowest BCUT2D eigenvalue weighted by molar-refractivity contribution is -0.0249. The number of carboxylic acids is 1. The molecule has 1 saturated heterocycles. The van der Waals surface area contributed by atoms with E-state index in [0.29, 0.717) is 18.2 Å². The van der Waals surface area contributed by atoms with Crippen LogP contribution >= 0.6 is 0 Å². The molecular formula is C20H22FNO3. The Morgan fingerprint density at radius 1 is 1.20 bits per heavy atom. The molecule has 0 saturated carbocycles. The molecule has 1 aliphatic heterocycles. The summed E-state index contributed by atoms with van der Waals surface area (Å²) in [4.78, 5) is 13.2. The fourth-order valence-corrected chi connectivity index (χ4v) is 3.26. The Morgan fingerprint density at radius 2 is 1.88 bits per heavy atom. The highest BCUT2D eigenvalue weighted by atomic mass is 19.1. The van der Waals surface area contributed by atoms with Gasteiger partial charge in [-0.05, 0) is 55.3 Å². The number of aromatic carboxylic acids is 1. The number of rotatable bonds is 5. The number of halogens is 1. The summed E-state index contributed by atoms with van der Waals surface area (Å²) in [7, 11) is 2.07. The monoisotopic (exact) mass is 343 g/mol. The molecule has 0 amide bonds. The molecular weight excluding hydrogens is 321 g/mol. The summed E-state index contributed by atoms with van der Waals surface area (Å²) in [5.41, 5.74) is 2.39. The highest BCUT2D eigenvalue weighted by molar-refractivity contribution is 5.87. The van der Waals surface area contributed by atoms with Crippen molar-refractivity contribution in [3.8, 4) is 0 Å². The maximum atomic E-state index is 13.1. The van der Waals surface area contributed by atoms with Crippen LogP contribution in [0.5, 0.6) is 0 Å². The van der Waals surface area contributed by atoms with Crippen molar-refractivity contribution in [2.75, 3.05) is 13.7 Å². The average Bonchev–Trinajstić information content (AvgIpc) is 2.63. The standard InChI is InChI=1S/C20H22FNO3/c1-22(13-14-2-4-16(5-3-14)20(23)24)18-10-11-25-19(12-18)15-6-8-17(21)9-7-15/h2-9,18-19H,10-13H2,1H3,(H,23,24). The number of hydrogen-bond donors (Lipinski definition) is 1. The minimum absolute atomic E-state index is 0.0174. The molecule has 1 fully saturated rings. The van der Waals surface area contributed by atoms with Gasteiger partial charge in [0, 0.05) is 19.2 Å². The van der Waals surface area contributed by atoms with Crippen LogP contribution < -0.4 is 0 Å². The summed E-state index contributed by atoms with van der Waals surface area (Å²) < 4.78 is 19.0. The Hall–Kier alpha value is -2.24. The minimum atomic E-state index is -0.911. The molecule has 132 valence electrons. The Bertz CT molecular complexity index is 715. The zero-order valence-corrected chi connectivity index (χ0v) is 14.2. The maximum absolute atomic E-state index is 13.1. The van der Waals surface area contributed by atoms with E-state index in [1.54, 1.807) is 24.3 Å². The second-order valence-corrected chi connectivity index (χ2v) is 6.51. The largest absolute Gasteiger partial charge is 0.478 e. The van der Waals surface area contributed by atoms with Gasteiger partial charge in [0.1, 0.15) is 5.82 Å². The Kier molecular flexibility index (Phi) is 5.46. The van der Waals surface area contributed by atoms with Crippen LogP contribution in [0.4, 0.5) is 4.39 Å². The van der Waals surface area contributed by atoms with E-state index in [4.69, 9.17) is 9.84 Å². The van der Waals surface area contributed by atoms with Gasteiger partial charge in [0.15, 0.2) is 0 Å². The smallest absolute Gasteiger partial charge is 0.335 e. The first-order valence-electron chi connectivity index (χ1n) is 8.42. The van der Waals surface area contributed by atoms with E-state index in [-0.39, 0.29) is 11.9 Å². The van der Waals surface area contributed by atoms with Crippen molar-refractivity contribution in [2.45, 2.75) is 31.5 Å². The quantitative estimate of drug-likeness (QED) is 0.895. The fraction of sp³-hybridized carbons (Fsp3) is 0.350. The van der Waals surface area contributed by atoms with Crippen molar-refractivity contribution >= 4 is 5.97 Å². The average molecular weight is 343 g/mol. The van der Waals surface area contributed by atoms with Crippen LogP contribution in [0.25, 0.3) is 0 Å². The van der Waals surface area contributed by atoms with Crippen LogP contribution in [-0.4, -0.2) is 35.7 Å². The van der Waals surface area contributed by atoms with E-state index in [0.717, 1.165) is 30.5 Å². The summed E-state index contributed by atoms with van der Waals surface area (Å²) in [5.74, 6) is -1.15. The van der Waals surface area contributed by atoms with E-state index in [1.807, 2.05) is 12.1 Å². The van der Waals surface area contributed by atoms with Crippen LogP contribution in [0, 0.1) is 5.82 Å². The zero-order valence-electron chi connectivity index (χ0n) is 14.2. The topological polar surface area (TPSA) is 49.8 Å². The number of hydrogen-bond acceptors (Lipinski definition) is 3. The number of carbonyl (C=O) groups is 1. The van der Waals surface area contributed by atoms with Crippen molar-refractivity contribution in [3.05, 3.63) is 71.0 Å². The molecule has 2 atom stereocenters.